The van der Waals surface area contributed by atoms with Gasteiger partial charge in [-0.1, -0.05) is 19.9 Å². The zero-order valence-corrected chi connectivity index (χ0v) is 15.3. The molecule has 3 N–H and O–H groups in total. The van der Waals surface area contributed by atoms with Crippen LogP contribution >= 0.6 is 11.3 Å². The van der Waals surface area contributed by atoms with Gasteiger partial charge >= 0.3 is 5.97 Å². The number of amides is 2. The number of aliphatic carboxylic acids is 1. The van der Waals surface area contributed by atoms with Crippen LogP contribution in [0, 0.1) is 5.92 Å². The van der Waals surface area contributed by atoms with Gasteiger partial charge in [0.1, 0.15) is 12.3 Å². The molecule has 1 atom stereocenters. The van der Waals surface area contributed by atoms with E-state index in [0.717, 1.165) is 4.88 Å². The highest BCUT2D eigenvalue weighted by atomic mass is 32.1. The highest BCUT2D eigenvalue weighted by Gasteiger charge is 2.21. The van der Waals surface area contributed by atoms with Gasteiger partial charge in [-0.3, -0.25) is 9.59 Å². The molecule has 26 heavy (non-hydrogen) atoms. The number of nitrogens with one attached hydrogen (secondary N) is 2. The van der Waals surface area contributed by atoms with E-state index in [1.807, 2.05) is 31.4 Å². The number of carboxylic acid groups (broad SMARTS) is 1. The van der Waals surface area contributed by atoms with E-state index in [4.69, 9.17) is 9.52 Å². The molecule has 2 amide bonds. The van der Waals surface area contributed by atoms with Crippen molar-refractivity contribution in [2.24, 2.45) is 5.92 Å². The van der Waals surface area contributed by atoms with E-state index in [1.165, 1.54) is 17.6 Å². The molecule has 2 heterocycles. The third kappa shape index (κ3) is 5.99. The Kier molecular flexibility index (Phi) is 6.90. The van der Waals surface area contributed by atoms with Gasteiger partial charge in [-0.05, 0) is 23.8 Å². The van der Waals surface area contributed by atoms with Crippen LogP contribution in [0.4, 0.5) is 0 Å². The average Bonchev–Trinajstić information content (AvgIpc) is 3.22. The summed E-state index contributed by atoms with van der Waals surface area (Å²) < 4.78 is 5.33. The van der Waals surface area contributed by atoms with Crippen LogP contribution < -0.4 is 10.6 Å². The Labute approximate surface area is 154 Å². The minimum Gasteiger partial charge on any atom is -0.480 e. The maximum Gasteiger partial charge on any atom is 0.326 e. The Morgan fingerprint density at radius 1 is 1.31 bits per heavy atom. The maximum absolute atomic E-state index is 11.9. The smallest absolute Gasteiger partial charge is 0.326 e. The third-order valence-electron chi connectivity index (χ3n) is 3.41. The number of hydrogen-bond acceptors (Lipinski definition) is 6. The maximum atomic E-state index is 11.9. The summed E-state index contributed by atoms with van der Waals surface area (Å²) in [7, 11) is 0. The minimum absolute atomic E-state index is 0.0312. The zero-order chi connectivity index (χ0) is 19.1. The van der Waals surface area contributed by atoms with Gasteiger partial charge in [-0.15, -0.1) is 11.3 Å². The van der Waals surface area contributed by atoms with Crippen molar-refractivity contribution in [1.29, 1.82) is 0 Å². The van der Waals surface area contributed by atoms with Crippen LogP contribution in [0.1, 0.15) is 26.0 Å². The lowest BCUT2D eigenvalue weighted by Gasteiger charge is -2.16. The molecule has 0 aliphatic heterocycles. The van der Waals surface area contributed by atoms with E-state index >= 15 is 0 Å². The number of aromatic nitrogens is 1. The average molecular weight is 379 g/mol. The van der Waals surface area contributed by atoms with Crippen LogP contribution in [0.3, 0.4) is 0 Å². The molecule has 8 nitrogen and oxygen atoms in total. The van der Waals surface area contributed by atoms with E-state index in [1.54, 1.807) is 0 Å². The predicted molar refractivity (Wildman–Crippen MR) is 95.6 cm³/mol. The van der Waals surface area contributed by atoms with Crippen molar-refractivity contribution in [3.8, 4) is 10.8 Å². The van der Waals surface area contributed by atoms with Crippen molar-refractivity contribution in [1.82, 2.24) is 15.6 Å². The summed E-state index contributed by atoms with van der Waals surface area (Å²) in [4.78, 5) is 40.0. The second-order valence-corrected chi connectivity index (χ2v) is 7.11. The lowest BCUT2D eigenvalue weighted by atomic mass is 10.0. The fourth-order valence-electron chi connectivity index (χ4n) is 2.25. The first kappa shape index (κ1) is 19.6. The Morgan fingerprint density at radius 2 is 2.08 bits per heavy atom. The van der Waals surface area contributed by atoms with E-state index in [0.29, 0.717) is 18.0 Å². The number of nitrogens with zero attached hydrogens (tertiary/aromatic N) is 1. The van der Waals surface area contributed by atoms with Crippen LogP contribution in [-0.2, 0) is 20.8 Å². The van der Waals surface area contributed by atoms with Crippen LogP contribution in [0.2, 0.25) is 0 Å². The standard InChI is InChI=1S/C17H21N3O5S/c1-10(2)6-12(17(23)24)20-15(22)8-18-14(21)7-11-9-25-16(19-11)13-4-3-5-26-13/h3-5,9-10,12H,6-8H2,1-2H3,(H,18,21)(H,20,22)(H,23,24)/t12-/m0/s1. The van der Waals surface area contributed by atoms with E-state index in [9.17, 15) is 14.4 Å². The van der Waals surface area contributed by atoms with Crippen LogP contribution in [-0.4, -0.2) is 40.5 Å². The molecule has 0 bridgehead atoms. The van der Waals surface area contributed by atoms with Crippen molar-refractivity contribution in [3.05, 3.63) is 29.5 Å². The third-order valence-corrected chi connectivity index (χ3v) is 4.27. The van der Waals surface area contributed by atoms with Gasteiger partial charge in [-0.2, -0.15) is 0 Å². The van der Waals surface area contributed by atoms with Crippen molar-refractivity contribution < 1.29 is 23.9 Å². The normalized spacial score (nSPS) is 12.0. The first-order valence-electron chi connectivity index (χ1n) is 8.12. The SMILES string of the molecule is CC(C)C[C@H](NC(=O)CNC(=O)Cc1coc(-c2cccs2)n1)C(=O)O. The van der Waals surface area contributed by atoms with Crippen molar-refractivity contribution >= 4 is 29.1 Å². The van der Waals surface area contributed by atoms with Gasteiger partial charge in [0, 0.05) is 0 Å². The largest absolute Gasteiger partial charge is 0.480 e. The zero-order valence-electron chi connectivity index (χ0n) is 14.5. The molecule has 2 rings (SSSR count). The number of hydrogen-bond donors (Lipinski definition) is 3. The number of oxazole rings is 1. The summed E-state index contributed by atoms with van der Waals surface area (Å²) in [6, 6.07) is 2.77. The first-order chi connectivity index (χ1) is 12.3. The minimum atomic E-state index is -1.10. The summed E-state index contributed by atoms with van der Waals surface area (Å²) in [5, 5.41) is 15.9. The Hall–Kier alpha value is -2.68. The quantitative estimate of drug-likeness (QED) is 0.609. The molecule has 0 unspecified atom stereocenters. The van der Waals surface area contributed by atoms with Crippen LogP contribution in [0.15, 0.2) is 28.2 Å². The van der Waals surface area contributed by atoms with Crippen LogP contribution in [0.25, 0.3) is 10.8 Å². The summed E-state index contributed by atoms with van der Waals surface area (Å²) in [6.07, 6.45) is 1.69. The first-order valence-corrected chi connectivity index (χ1v) is 9.00. The summed E-state index contributed by atoms with van der Waals surface area (Å²) >= 11 is 1.48. The molecule has 0 saturated heterocycles. The number of carbonyl (C=O) groups excluding carboxylic acids is 2. The fraction of sp³-hybridized carbons (Fsp3) is 0.412. The molecule has 0 aliphatic rings. The highest BCUT2D eigenvalue weighted by molar-refractivity contribution is 7.13. The van der Waals surface area contributed by atoms with Gasteiger partial charge in [0.15, 0.2) is 0 Å². The number of carbonyl (C=O) groups is 3. The Bertz CT molecular complexity index is 754. The molecule has 0 saturated carbocycles. The molecule has 0 spiro atoms. The lowest BCUT2D eigenvalue weighted by molar-refractivity contribution is -0.142. The van der Waals surface area contributed by atoms with Crippen molar-refractivity contribution in [2.45, 2.75) is 32.7 Å². The monoisotopic (exact) mass is 379 g/mol. The Balaban J connectivity index is 1.79. The summed E-state index contributed by atoms with van der Waals surface area (Å²) in [5.74, 6) is -1.48. The Morgan fingerprint density at radius 3 is 2.69 bits per heavy atom. The molecular formula is C17H21N3O5S. The highest BCUT2D eigenvalue weighted by Crippen LogP contribution is 2.23. The van der Waals surface area contributed by atoms with Crippen LogP contribution in [0.5, 0.6) is 0 Å². The van der Waals surface area contributed by atoms with Crippen molar-refractivity contribution in [3.63, 3.8) is 0 Å². The molecule has 0 aromatic carbocycles. The molecule has 2 aromatic rings. The second-order valence-electron chi connectivity index (χ2n) is 6.16. The lowest BCUT2D eigenvalue weighted by Crippen LogP contribution is -2.46. The molecule has 0 fully saturated rings. The summed E-state index contributed by atoms with van der Waals surface area (Å²) in [6.45, 7) is 3.44. The van der Waals surface area contributed by atoms with Gasteiger partial charge < -0.3 is 20.2 Å². The molecule has 2 aromatic heterocycles. The van der Waals surface area contributed by atoms with E-state index < -0.39 is 23.8 Å². The van der Waals surface area contributed by atoms with Gasteiger partial charge in [0.2, 0.25) is 17.7 Å². The predicted octanol–water partition coefficient (Wildman–Crippen LogP) is 1.68. The molecular weight excluding hydrogens is 358 g/mol. The van der Waals surface area contributed by atoms with E-state index in [2.05, 4.69) is 15.6 Å². The van der Waals surface area contributed by atoms with E-state index in [-0.39, 0.29) is 18.9 Å². The molecule has 140 valence electrons. The number of carboxylic acids is 1. The summed E-state index contributed by atoms with van der Waals surface area (Å²) in [5.41, 5.74) is 0.453. The molecule has 0 radical (unpaired) electrons. The fourth-order valence-corrected chi connectivity index (χ4v) is 2.90. The second kappa shape index (κ2) is 9.14. The molecule has 0 aliphatic carbocycles. The number of thiophene rings is 1. The van der Waals surface area contributed by atoms with Crippen molar-refractivity contribution in [2.75, 3.05) is 6.54 Å². The number of rotatable bonds is 9. The molecule has 9 heteroatoms. The topological polar surface area (TPSA) is 122 Å². The van der Waals surface area contributed by atoms with Gasteiger partial charge in [0.25, 0.3) is 0 Å². The van der Waals surface area contributed by atoms with Gasteiger partial charge in [-0.25, -0.2) is 9.78 Å². The van der Waals surface area contributed by atoms with Gasteiger partial charge in [0.05, 0.1) is 23.5 Å².